The third kappa shape index (κ3) is 3.33. The van der Waals surface area contributed by atoms with Crippen LogP contribution in [-0.4, -0.2) is 11.4 Å². The maximum atomic E-state index is 12.9. The summed E-state index contributed by atoms with van der Waals surface area (Å²) in [5.74, 6) is 4.41. The van der Waals surface area contributed by atoms with Gasteiger partial charge in [-0.05, 0) is 87.9 Å². The third-order valence-corrected chi connectivity index (χ3v) is 7.61. The minimum Gasteiger partial charge on any atom is -0.350 e. The van der Waals surface area contributed by atoms with Crippen LogP contribution < -0.4 is 5.32 Å². The smallest absolute Gasteiger partial charge is 0.223 e. The Morgan fingerprint density at radius 1 is 0.957 bits per heavy atom. The van der Waals surface area contributed by atoms with E-state index in [9.17, 15) is 4.79 Å². The molecule has 0 heterocycles. The second kappa shape index (κ2) is 6.41. The Bertz CT molecular complexity index is 400. The number of hydrogen-bond acceptors (Lipinski definition) is 1. The summed E-state index contributed by atoms with van der Waals surface area (Å²) in [4.78, 5) is 12.9. The van der Waals surface area contributed by atoms with E-state index in [2.05, 4.69) is 12.2 Å². The first kappa shape index (κ1) is 16.0. The second-order valence-corrected chi connectivity index (χ2v) is 9.55. The molecule has 2 nitrogen and oxygen atoms in total. The monoisotopic (exact) mass is 317 g/mol. The molecule has 0 unspecified atom stereocenters. The van der Waals surface area contributed by atoms with Gasteiger partial charge in [0.2, 0.25) is 5.91 Å². The molecule has 23 heavy (non-hydrogen) atoms. The number of nitrogens with one attached hydrogen (secondary N) is 1. The zero-order valence-corrected chi connectivity index (χ0v) is 15.0. The molecule has 0 spiro atoms. The molecule has 130 valence electrons. The van der Waals surface area contributed by atoms with E-state index in [4.69, 9.17) is 0 Å². The van der Waals surface area contributed by atoms with Crippen molar-refractivity contribution < 1.29 is 4.79 Å². The van der Waals surface area contributed by atoms with Crippen molar-refractivity contribution in [1.82, 2.24) is 5.32 Å². The maximum absolute atomic E-state index is 12.9. The predicted molar refractivity (Wildman–Crippen MR) is 94.0 cm³/mol. The second-order valence-electron chi connectivity index (χ2n) is 9.55. The van der Waals surface area contributed by atoms with E-state index in [0.717, 1.165) is 36.5 Å². The van der Waals surface area contributed by atoms with Crippen LogP contribution in [0.1, 0.15) is 90.4 Å². The molecular weight excluding hydrogens is 282 g/mol. The third-order valence-electron chi connectivity index (χ3n) is 7.61. The molecule has 5 aliphatic carbocycles. The van der Waals surface area contributed by atoms with Crippen molar-refractivity contribution in [3.8, 4) is 0 Å². The van der Waals surface area contributed by atoms with Gasteiger partial charge in [0.1, 0.15) is 0 Å². The van der Waals surface area contributed by atoms with Gasteiger partial charge in [-0.25, -0.2) is 0 Å². The Balaban J connectivity index is 1.31. The molecule has 0 atom stereocenters. The van der Waals surface area contributed by atoms with Crippen molar-refractivity contribution >= 4 is 5.91 Å². The minimum atomic E-state index is 0.213. The first-order valence-electron chi connectivity index (χ1n) is 10.5. The Morgan fingerprint density at radius 3 is 2.04 bits per heavy atom. The Morgan fingerprint density at radius 2 is 1.52 bits per heavy atom. The van der Waals surface area contributed by atoms with Crippen LogP contribution >= 0.6 is 0 Å². The van der Waals surface area contributed by atoms with E-state index < -0.39 is 0 Å². The number of carbonyl (C=O) groups is 1. The van der Waals surface area contributed by atoms with Crippen LogP contribution in [0, 0.1) is 29.6 Å². The van der Waals surface area contributed by atoms with Crippen molar-refractivity contribution in [2.45, 2.75) is 95.9 Å². The van der Waals surface area contributed by atoms with Crippen LogP contribution in [0.15, 0.2) is 0 Å². The summed E-state index contributed by atoms with van der Waals surface area (Å²) in [5, 5.41) is 3.61. The van der Waals surface area contributed by atoms with Crippen molar-refractivity contribution in [2.75, 3.05) is 0 Å². The zero-order chi connectivity index (χ0) is 15.9. The first-order chi connectivity index (χ1) is 11.2. The molecule has 0 aliphatic heterocycles. The Hall–Kier alpha value is -0.530. The van der Waals surface area contributed by atoms with Gasteiger partial charge in [0.05, 0.1) is 0 Å². The van der Waals surface area contributed by atoms with Gasteiger partial charge < -0.3 is 5.32 Å². The topological polar surface area (TPSA) is 29.1 Å². The lowest BCUT2D eigenvalue weighted by Gasteiger charge is -2.57. The molecule has 1 N–H and O–H groups in total. The van der Waals surface area contributed by atoms with E-state index in [0.29, 0.717) is 11.8 Å². The molecule has 1 amide bonds. The predicted octanol–water partition coefficient (Wildman–Crippen LogP) is 5.07. The molecule has 0 aromatic carbocycles. The summed E-state index contributed by atoms with van der Waals surface area (Å²) in [5.41, 5.74) is 0.213. The molecule has 0 aromatic rings. The van der Waals surface area contributed by atoms with Gasteiger partial charge in [0.25, 0.3) is 0 Å². The van der Waals surface area contributed by atoms with Crippen molar-refractivity contribution in [3.05, 3.63) is 0 Å². The quantitative estimate of drug-likeness (QED) is 0.753. The fourth-order valence-corrected chi connectivity index (χ4v) is 6.83. The highest BCUT2D eigenvalue weighted by atomic mass is 16.2. The van der Waals surface area contributed by atoms with E-state index in [1.807, 2.05) is 0 Å². The van der Waals surface area contributed by atoms with Crippen molar-refractivity contribution in [1.29, 1.82) is 0 Å². The minimum absolute atomic E-state index is 0.213. The van der Waals surface area contributed by atoms with Gasteiger partial charge in [-0.1, -0.05) is 26.2 Å². The molecule has 0 saturated heterocycles. The van der Waals surface area contributed by atoms with Crippen LogP contribution in [0.25, 0.3) is 0 Å². The highest BCUT2D eigenvalue weighted by Gasteiger charge is 2.51. The Kier molecular flexibility index (Phi) is 4.45. The lowest BCUT2D eigenvalue weighted by atomic mass is 9.53. The SMILES string of the molecule is CCCCC1CCC(C(=O)NC23CC4CC(CC(C4)C2)C3)CC1. The van der Waals surface area contributed by atoms with E-state index in [1.165, 1.54) is 70.6 Å². The van der Waals surface area contributed by atoms with Gasteiger partial charge in [-0.2, -0.15) is 0 Å². The Labute approximate surface area is 142 Å². The van der Waals surface area contributed by atoms with E-state index in [1.54, 1.807) is 0 Å². The average Bonchev–Trinajstić information content (AvgIpc) is 2.51. The van der Waals surface area contributed by atoms with Gasteiger partial charge >= 0.3 is 0 Å². The highest BCUT2D eigenvalue weighted by molar-refractivity contribution is 5.79. The summed E-state index contributed by atoms with van der Waals surface area (Å²) >= 11 is 0. The van der Waals surface area contributed by atoms with E-state index >= 15 is 0 Å². The van der Waals surface area contributed by atoms with Crippen LogP contribution in [0.4, 0.5) is 0 Å². The van der Waals surface area contributed by atoms with Crippen LogP contribution in [-0.2, 0) is 4.79 Å². The number of amides is 1. The maximum Gasteiger partial charge on any atom is 0.223 e. The largest absolute Gasteiger partial charge is 0.350 e. The van der Waals surface area contributed by atoms with Crippen LogP contribution in [0.5, 0.6) is 0 Å². The van der Waals surface area contributed by atoms with Crippen molar-refractivity contribution in [2.24, 2.45) is 29.6 Å². The molecule has 5 saturated carbocycles. The van der Waals surface area contributed by atoms with Gasteiger partial charge in [-0.15, -0.1) is 0 Å². The molecule has 2 heteroatoms. The lowest BCUT2D eigenvalue weighted by molar-refractivity contribution is -0.132. The zero-order valence-electron chi connectivity index (χ0n) is 15.0. The normalized spacial score (nSPS) is 45.2. The summed E-state index contributed by atoms with van der Waals surface area (Å²) in [6.07, 6.45) is 17.2. The number of unbranched alkanes of at least 4 members (excludes halogenated alkanes) is 1. The van der Waals surface area contributed by atoms with Crippen molar-refractivity contribution in [3.63, 3.8) is 0 Å². The fourth-order valence-electron chi connectivity index (χ4n) is 6.83. The van der Waals surface area contributed by atoms with Crippen LogP contribution in [0.3, 0.4) is 0 Å². The number of hydrogen-bond donors (Lipinski definition) is 1. The van der Waals surface area contributed by atoms with Gasteiger partial charge in [0.15, 0.2) is 0 Å². The summed E-state index contributed by atoms with van der Waals surface area (Å²) in [6, 6.07) is 0. The molecule has 5 aliphatic rings. The van der Waals surface area contributed by atoms with Gasteiger partial charge in [-0.3, -0.25) is 4.79 Å². The standard InChI is InChI=1S/C21H35NO/c1-2-3-4-15-5-7-19(8-6-15)20(23)22-21-12-16-9-17(13-21)11-18(10-16)14-21/h15-19H,2-14H2,1H3,(H,22,23). The van der Waals surface area contributed by atoms with Gasteiger partial charge in [0, 0.05) is 11.5 Å². The fraction of sp³-hybridized carbons (Fsp3) is 0.952. The summed E-state index contributed by atoms with van der Waals surface area (Å²) in [6.45, 7) is 2.28. The molecule has 5 fully saturated rings. The van der Waals surface area contributed by atoms with E-state index in [-0.39, 0.29) is 5.54 Å². The number of carbonyl (C=O) groups excluding carboxylic acids is 1. The number of rotatable bonds is 5. The van der Waals surface area contributed by atoms with Crippen LogP contribution in [0.2, 0.25) is 0 Å². The molecule has 5 rings (SSSR count). The summed E-state index contributed by atoms with van der Waals surface area (Å²) in [7, 11) is 0. The highest BCUT2D eigenvalue weighted by Crippen LogP contribution is 2.55. The average molecular weight is 318 g/mol. The lowest BCUT2D eigenvalue weighted by Crippen LogP contribution is -2.60. The molecule has 0 aromatic heterocycles. The molecule has 4 bridgehead atoms. The molecule has 0 radical (unpaired) electrons. The first-order valence-corrected chi connectivity index (χ1v) is 10.5. The molecular formula is C21H35NO. The summed E-state index contributed by atoms with van der Waals surface area (Å²) < 4.78 is 0.